The van der Waals surface area contributed by atoms with Crippen LogP contribution in [-0.4, -0.2) is 50.7 Å². The molecule has 41 heavy (non-hydrogen) atoms. The van der Waals surface area contributed by atoms with Gasteiger partial charge < -0.3 is 16.0 Å². The summed E-state index contributed by atoms with van der Waals surface area (Å²) in [4.78, 5) is 36.7. The van der Waals surface area contributed by atoms with Crippen LogP contribution in [0.2, 0.25) is 0 Å². The van der Waals surface area contributed by atoms with Crippen molar-refractivity contribution >= 4 is 33.2 Å². The van der Waals surface area contributed by atoms with E-state index in [2.05, 4.69) is 5.32 Å². The summed E-state index contributed by atoms with van der Waals surface area (Å²) in [5.41, 5.74) is -2.26. The first-order chi connectivity index (χ1) is 19.0. The Balaban J connectivity index is 1.69. The van der Waals surface area contributed by atoms with Crippen molar-refractivity contribution in [3.63, 3.8) is 0 Å². The fourth-order valence-corrected chi connectivity index (χ4v) is 6.15. The molecule has 15 heteroatoms. The van der Waals surface area contributed by atoms with Crippen molar-refractivity contribution in [3.8, 4) is 0 Å². The van der Waals surface area contributed by atoms with Crippen molar-refractivity contribution in [2.75, 3.05) is 17.6 Å². The number of alkyl halides is 6. The predicted octanol–water partition coefficient (Wildman–Crippen LogP) is 4.39. The average Bonchev–Trinajstić information content (AvgIpc) is 2.87. The van der Waals surface area contributed by atoms with E-state index < -0.39 is 75.2 Å². The maximum atomic E-state index is 13.2. The van der Waals surface area contributed by atoms with E-state index in [9.17, 15) is 49.1 Å². The Morgan fingerprint density at radius 3 is 2.17 bits per heavy atom. The third-order valence-corrected chi connectivity index (χ3v) is 8.43. The molecule has 3 rings (SSSR count). The number of sulfone groups is 1. The fourth-order valence-electron chi connectivity index (χ4n) is 4.45. The van der Waals surface area contributed by atoms with Crippen molar-refractivity contribution in [1.29, 1.82) is 0 Å². The van der Waals surface area contributed by atoms with E-state index in [0.29, 0.717) is 31.4 Å². The van der Waals surface area contributed by atoms with E-state index in [1.807, 2.05) is 12.2 Å². The van der Waals surface area contributed by atoms with Gasteiger partial charge in [-0.05, 0) is 56.0 Å². The van der Waals surface area contributed by atoms with Gasteiger partial charge in [-0.15, -0.1) is 0 Å². The normalized spacial score (nSPS) is 17.9. The van der Waals surface area contributed by atoms with Crippen LogP contribution in [0.4, 0.5) is 32.0 Å². The number of benzene rings is 2. The molecule has 1 saturated carbocycles. The molecule has 224 valence electrons. The molecule has 0 spiro atoms. The molecule has 3 amide bonds. The molecule has 2 atom stereocenters. The fraction of sp³-hybridized carbons (Fsp3) is 0.423. The van der Waals surface area contributed by atoms with Crippen LogP contribution in [-0.2, 0) is 25.6 Å². The second-order valence-electron chi connectivity index (χ2n) is 9.71. The molecule has 2 aromatic rings. The standard InChI is InChI=1S/C26H27F6N3O5S/c1-15-6-9-18(10-7-15)41(39,40)14-16-4-2-3-5-20(16)34-22(36)13-33-23(37)19-12-17(25(27,28)29)8-11-21(19)35-24(38)26(30,31)32/h6-12,16,20H,2-5,13-14H2,1H3,(H,33,37)(H,34,36)(H,35,38)/t16-,20+/m1/s1. The van der Waals surface area contributed by atoms with Crippen LogP contribution < -0.4 is 16.0 Å². The van der Waals surface area contributed by atoms with Crippen molar-refractivity contribution in [2.24, 2.45) is 5.92 Å². The molecule has 0 bridgehead atoms. The molecule has 0 aromatic heterocycles. The van der Waals surface area contributed by atoms with Gasteiger partial charge >= 0.3 is 18.3 Å². The molecular weight excluding hydrogens is 580 g/mol. The zero-order valence-corrected chi connectivity index (χ0v) is 22.5. The van der Waals surface area contributed by atoms with E-state index in [1.54, 1.807) is 12.1 Å². The number of rotatable bonds is 8. The minimum atomic E-state index is -5.38. The number of amides is 3. The van der Waals surface area contributed by atoms with Crippen LogP contribution in [0.25, 0.3) is 0 Å². The maximum Gasteiger partial charge on any atom is 0.471 e. The van der Waals surface area contributed by atoms with Gasteiger partial charge in [0.25, 0.3) is 5.91 Å². The van der Waals surface area contributed by atoms with Crippen LogP contribution >= 0.6 is 0 Å². The largest absolute Gasteiger partial charge is 0.471 e. The van der Waals surface area contributed by atoms with Gasteiger partial charge in [0, 0.05) is 6.04 Å². The second kappa shape index (κ2) is 12.5. The number of hydrogen-bond acceptors (Lipinski definition) is 5. The summed E-state index contributed by atoms with van der Waals surface area (Å²) in [6, 6.07) is 6.91. The lowest BCUT2D eigenvalue weighted by Crippen LogP contribution is -2.47. The highest BCUT2D eigenvalue weighted by molar-refractivity contribution is 7.91. The summed E-state index contributed by atoms with van der Waals surface area (Å²) in [5, 5.41) is 6.05. The predicted molar refractivity (Wildman–Crippen MR) is 136 cm³/mol. The van der Waals surface area contributed by atoms with Crippen molar-refractivity contribution in [1.82, 2.24) is 10.6 Å². The highest BCUT2D eigenvalue weighted by Gasteiger charge is 2.40. The lowest BCUT2D eigenvalue weighted by Gasteiger charge is -2.32. The van der Waals surface area contributed by atoms with Crippen molar-refractivity contribution in [3.05, 3.63) is 59.2 Å². The number of nitrogens with one attached hydrogen (secondary N) is 3. The number of carbonyl (C=O) groups excluding carboxylic acids is 3. The van der Waals surface area contributed by atoms with Crippen LogP contribution in [0.15, 0.2) is 47.4 Å². The number of aryl methyl sites for hydroxylation is 1. The lowest BCUT2D eigenvalue weighted by molar-refractivity contribution is -0.167. The first-order valence-electron chi connectivity index (χ1n) is 12.4. The summed E-state index contributed by atoms with van der Waals surface area (Å²) in [6.07, 6.45) is -7.93. The van der Waals surface area contributed by atoms with Gasteiger partial charge in [0.05, 0.1) is 34.0 Å². The molecule has 8 nitrogen and oxygen atoms in total. The van der Waals surface area contributed by atoms with Gasteiger partial charge in [-0.2, -0.15) is 26.3 Å². The summed E-state index contributed by atoms with van der Waals surface area (Å²) >= 11 is 0. The zero-order valence-electron chi connectivity index (χ0n) is 21.7. The molecule has 3 N–H and O–H groups in total. The molecule has 0 heterocycles. The topological polar surface area (TPSA) is 121 Å². The van der Waals surface area contributed by atoms with E-state index >= 15 is 0 Å². The molecule has 1 aliphatic carbocycles. The van der Waals surface area contributed by atoms with E-state index in [4.69, 9.17) is 0 Å². The summed E-state index contributed by atoms with van der Waals surface area (Å²) < 4.78 is 103. The van der Waals surface area contributed by atoms with Gasteiger partial charge in [-0.25, -0.2) is 8.42 Å². The number of anilines is 1. The molecule has 2 aromatic carbocycles. The number of halogens is 6. The summed E-state index contributed by atoms with van der Waals surface area (Å²) in [6.45, 7) is 1.05. The summed E-state index contributed by atoms with van der Waals surface area (Å²) in [5.74, 6) is -5.31. The monoisotopic (exact) mass is 607 g/mol. The van der Waals surface area contributed by atoms with Gasteiger partial charge in [0.1, 0.15) is 0 Å². The number of carbonyl (C=O) groups is 3. The van der Waals surface area contributed by atoms with E-state index in [0.717, 1.165) is 12.0 Å². The smallest absolute Gasteiger partial charge is 0.352 e. The van der Waals surface area contributed by atoms with Crippen LogP contribution in [0.1, 0.15) is 47.2 Å². The van der Waals surface area contributed by atoms with Gasteiger partial charge in [0.2, 0.25) is 5.91 Å². The third-order valence-electron chi connectivity index (χ3n) is 6.58. The minimum Gasteiger partial charge on any atom is -0.352 e. The molecule has 0 radical (unpaired) electrons. The Kier molecular flexibility index (Phi) is 9.72. The van der Waals surface area contributed by atoms with Gasteiger partial charge in [0.15, 0.2) is 9.84 Å². The van der Waals surface area contributed by atoms with E-state index in [1.165, 1.54) is 17.4 Å². The van der Waals surface area contributed by atoms with Crippen molar-refractivity contribution < 1.29 is 49.1 Å². The lowest BCUT2D eigenvalue weighted by atomic mass is 9.86. The third kappa shape index (κ3) is 8.68. The average molecular weight is 608 g/mol. The first-order valence-corrected chi connectivity index (χ1v) is 14.1. The van der Waals surface area contributed by atoms with Crippen LogP contribution in [0.3, 0.4) is 0 Å². The quantitative estimate of drug-likeness (QED) is 0.385. The highest BCUT2D eigenvalue weighted by Crippen LogP contribution is 2.33. The SMILES string of the molecule is Cc1ccc(S(=O)(=O)C[C@H]2CCCC[C@@H]2NC(=O)CNC(=O)c2cc(C(F)(F)F)ccc2NC(=O)C(F)(F)F)cc1. The van der Waals surface area contributed by atoms with Crippen LogP contribution in [0.5, 0.6) is 0 Å². The van der Waals surface area contributed by atoms with Gasteiger partial charge in [-0.1, -0.05) is 30.5 Å². The Labute approximate surface area is 231 Å². The molecule has 1 aliphatic rings. The Hall–Kier alpha value is -3.62. The minimum absolute atomic E-state index is 0.139. The Bertz CT molecular complexity index is 1390. The first kappa shape index (κ1) is 31.9. The second-order valence-corrected chi connectivity index (χ2v) is 11.7. The molecule has 0 aliphatic heterocycles. The maximum absolute atomic E-state index is 13.2. The zero-order chi connectivity index (χ0) is 30.6. The Morgan fingerprint density at radius 2 is 1.56 bits per heavy atom. The summed E-state index contributed by atoms with van der Waals surface area (Å²) in [7, 11) is -3.68. The molecule has 0 unspecified atom stereocenters. The Morgan fingerprint density at radius 1 is 0.927 bits per heavy atom. The van der Waals surface area contributed by atoms with Crippen molar-refractivity contribution in [2.45, 2.75) is 55.9 Å². The molecular formula is C26H27F6N3O5S. The van der Waals surface area contributed by atoms with Gasteiger partial charge in [-0.3, -0.25) is 14.4 Å². The van der Waals surface area contributed by atoms with Crippen LogP contribution in [0, 0.1) is 12.8 Å². The molecule has 1 fully saturated rings. The highest BCUT2D eigenvalue weighted by atomic mass is 32.2. The van der Waals surface area contributed by atoms with E-state index in [-0.39, 0.29) is 16.7 Å². The number of hydrogen-bond donors (Lipinski definition) is 3. The molecule has 0 saturated heterocycles.